The maximum Gasteiger partial charge on any atom is 0.294 e. The molecule has 0 atom stereocenters. The molecule has 0 fully saturated rings. The lowest BCUT2D eigenvalue weighted by atomic mass is 10.1. The van der Waals surface area contributed by atoms with Crippen LogP contribution >= 0.6 is 0 Å². The van der Waals surface area contributed by atoms with E-state index < -0.39 is 5.09 Å². The predicted octanol–water partition coefficient (Wildman–Crippen LogP) is 4.67. The second-order valence-electron chi connectivity index (χ2n) is 4.58. The van der Waals surface area contributed by atoms with Crippen molar-refractivity contribution in [1.82, 2.24) is 0 Å². The molecular formula is C14H27NO3. The molecule has 4 nitrogen and oxygen atoms in total. The molecule has 4 heteroatoms. The monoisotopic (exact) mass is 257 g/mol. The summed E-state index contributed by atoms with van der Waals surface area (Å²) < 4.78 is 0. The Morgan fingerprint density at radius 3 is 2.11 bits per heavy atom. The lowest BCUT2D eigenvalue weighted by molar-refractivity contribution is -0.757. The van der Waals surface area contributed by atoms with Gasteiger partial charge in [-0.05, 0) is 25.7 Å². The van der Waals surface area contributed by atoms with Crippen LogP contribution in [-0.2, 0) is 4.84 Å². The predicted molar refractivity (Wildman–Crippen MR) is 73.9 cm³/mol. The van der Waals surface area contributed by atoms with Crippen molar-refractivity contribution in [3.8, 4) is 0 Å². The van der Waals surface area contributed by atoms with Crippen molar-refractivity contribution < 1.29 is 9.92 Å². The number of hydrogen-bond donors (Lipinski definition) is 0. The van der Waals surface area contributed by atoms with Gasteiger partial charge in [-0.1, -0.05) is 57.6 Å². The minimum atomic E-state index is -0.717. The zero-order chi connectivity index (χ0) is 13.5. The molecule has 0 amide bonds. The summed E-state index contributed by atoms with van der Waals surface area (Å²) in [5.41, 5.74) is 0. The number of hydrogen-bond acceptors (Lipinski definition) is 3. The summed E-state index contributed by atoms with van der Waals surface area (Å²) in [6.07, 6.45) is 16.3. The molecule has 0 aromatic heterocycles. The van der Waals surface area contributed by atoms with Gasteiger partial charge in [0.15, 0.2) is 0 Å². The highest BCUT2D eigenvalue weighted by Gasteiger charge is 1.94. The van der Waals surface area contributed by atoms with Gasteiger partial charge in [0.05, 0.1) is 6.61 Å². The Kier molecular flexibility index (Phi) is 13.2. The molecule has 0 saturated carbocycles. The average Bonchev–Trinajstić information content (AvgIpc) is 2.34. The molecule has 0 bridgehead atoms. The second-order valence-corrected chi connectivity index (χ2v) is 4.58. The lowest BCUT2D eigenvalue weighted by Gasteiger charge is -2.00. The van der Waals surface area contributed by atoms with Gasteiger partial charge < -0.3 is 4.84 Å². The second kappa shape index (κ2) is 14.0. The summed E-state index contributed by atoms with van der Waals surface area (Å²) in [6, 6.07) is 0. The van der Waals surface area contributed by atoms with Gasteiger partial charge in [-0.25, -0.2) is 0 Å². The summed E-state index contributed by atoms with van der Waals surface area (Å²) in [7, 11) is 0. The largest absolute Gasteiger partial charge is 0.314 e. The van der Waals surface area contributed by atoms with Gasteiger partial charge in [0.2, 0.25) is 0 Å². The van der Waals surface area contributed by atoms with Crippen LogP contribution in [-0.4, -0.2) is 11.7 Å². The van der Waals surface area contributed by atoms with E-state index in [0.29, 0.717) is 0 Å². The Labute approximate surface area is 111 Å². The highest BCUT2D eigenvalue weighted by molar-refractivity contribution is 4.80. The van der Waals surface area contributed by atoms with E-state index in [1.165, 1.54) is 44.9 Å². The minimum Gasteiger partial charge on any atom is -0.314 e. The van der Waals surface area contributed by atoms with Crippen LogP contribution in [0, 0.1) is 10.1 Å². The Morgan fingerprint density at radius 1 is 0.944 bits per heavy atom. The maximum absolute atomic E-state index is 9.88. The SMILES string of the molecule is CCCCC=CCCCCCCCCO[N+](=O)[O-]. The summed E-state index contributed by atoms with van der Waals surface area (Å²) >= 11 is 0. The molecule has 0 aliphatic carbocycles. The average molecular weight is 257 g/mol. The Morgan fingerprint density at radius 2 is 1.50 bits per heavy atom. The van der Waals surface area contributed by atoms with Crippen molar-refractivity contribution >= 4 is 0 Å². The zero-order valence-electron chi connectivity index (χ0n) is 11.6. The highest BCUT2D eigenvalue weighted by atomic mass is 16.9. The van der Waals surface area contributed by atoms with Crippen LogP contribution in [0.15, 0.2) is 12.2 Å². The Balaban J connectivity index is 3.03. The van der Waals surface area contributed by atoms with E-state index >= 15 is 0 Å². The number of nitrogens with zero attached hydrogens (tertiary/aromatic N) is 1. The standard InChI is InChI=1S/C14H27NO3/c1-2-3-4-5-6-7-8-9-10-11-12-13-14-18-15(16)17/h5-6H,2-4,7-14H2,1H3. The summed E-state index contributed by atoms with van der Waals surface area (Å²) in [4.78, 5) is 14.1. The van der Waals surface area contributed by atoms with Crippen molar-refractivity contribution in [2.24, 2.45) is 0 Å². The van der Waals surface area contributed by atoms with Crippen molar-refractivity contribution in [1.29, 1.82) is 0 Å². The van der Waals surface area contributed by atoms with Crippen molar-refractivity contribution in [3.63, 3.8) is 0 Å². The van der Waals surface area contributed by atoms with Crippen LogP contribution in [0.1, 0.15) is 71.1 Å². The zero-order valence-corrected chi connectivity index (χ0v) is 11.6. The smallest absolute Gasteiger partial charge is 0.294 e. The molecule has 0 radical (unpaired) electrons. The first-order valence-electron chi connectivity index (χ1n) is 7.19. The minimum absolute atomic E-state index is 0.243. The molecule has 0 spiro atoms. The van der Waals surface area contributed by atoms with Gasteiger partial charge in [0, 0.05) is 0 Å². The molecular weight excluding hydrogens is 230 g/mol. The molecule has 18 heavy (non-hydrogen) atoms. The van der Waals surface area contributed by atoms with Crippen LogP contribution in [0.4, 0.5) is 0 Å². The fraction of sp³-hybridized carbons (Fsp3) is 0.857. The molecule has 0 aliphatic rings. The van der Waals surface area contributed by atoms with Gasteiger partial charge in [0.1, 0.15) is 0 Å². The first-order chi connectivity index (χ1) is 8.77. The third-order valence-electron chi connectivity index (χ3n) is 2.85. The van der Waals surface area contributed by atoms with Crippen molar-refractivity contribution in [2.75, 3.05) is 6.61 Å². The van der Waals surface area contributed by atoms with E-state index in [2.05, 4.69) is 23.9 Å². The number of rotatable bonds is 13. The van der Waals surface area contributed by atoms with E-state index in [-0.39, 0.29) is 6.61 Å². The van der Waals surface area contributed by atoms with Gasteiger partial charge in [-0.2, -0.15) is 0 Å². The van der Waals surface area contributed by atoms with E-state index in [4.69, 9.17) is 0 Å². The van der Waals surface area contributed by atoms with Crippen LogP contribution < -0.4 is 0 Å². The van der Waals surface area contributed by atoms with E-state index in [1.54, 1.807) is 0 Å². The quantitative estimate of drug-likeness (QED) is 0.208. The number of allylic oxidation sites excluding steroid dienone is 2. The Hall–Kier alpha value is -1.06. The van der Waals surface area contributed by atoms with Crippen LogP contribution in [0.3, 0.4) is 0 Å². The fourth-order valence-electron chi connectivity index (χ4n) is 1.77. The van der Waals surface area contributed by atoms with Crippen LogP contribution in [0.5, 0.6) is 0 Å². The first-order valence-corrected chi connectivity index (χ1v) is 7.19. The maximum atomic E-state index is 9.88. The molecule has 0 unspecified atom stereocenters. The molecule has 0 aromatic rings. The summed E-state index contributed by atoms with van der Waals surface area (Å²) in [5.74, 6) is 0. The molecule has 0 aromatic carbocycles. The van der Waals surface area contributed by atoms with Gasteiger partial charge in [-0.3, -0.25) is 0 Å². The van der Waals surface area contributed by atoms with Gasteiger partial charge in [-0.15, -0.1) is 10.1 Å². The lowest BCUT2D eigenvalue weighted by Crippen LogP contribution is -2.01. The topological polar surface area (TPSA) is 52.4 Å². The van der Waals surface area contributed by atoms with E-state index in [9.17, 15) is 10.1 Å². The van der Waals surface area contributed by atoms with Crippen LogP contribution in [0.25, 0.3) is 0 Å². The normalized spacial score (nSPS) is 10.9. The van der Waals surface area contributed by atoms with Gasteiger partial charge in [0.25, 0.3) is 5.09 Å². The number of unbranched alkanes of at least 4 members (excludes halogenated alkanes) is 8. The first kappa shape index (κ1) is 16.9. The molecule has 0 aliphatic heterocycles. The van der Waals surface area contributed by atoms with Gasteiger partial charge >= 0.3 is 0 Å². The van der Waals surface area contributed by atoms with Crippen molar-refractivity contribution in [2.45, 2.75) is 71.1 Å². The highest BCUT2D eigenvalue weighted by Crippen LogP contribution is 2.08. The Bertz CT molecular complexity index is 217. The third-order valence-corrected chi connectivity index (χ3v) is 2.85. The molecule has 0 saturated heterocycles. The van der Waals surface area contributed by atoms with E-state index in [1.807, 2.05) is 0 Å². The van der Waals surface area contributed by atoms with E-state index in [0.717, 1.165) is 19.3 Å². The molecule has 106 valence electrons. The summed E-state index contributed by atoms with van der Waals surface area (Å²) in [6.45, 7) is 2.46. The molecule has 0 heterocycles. The molecule has 0 N–H and O–H groups in total. The summed E-state index contributed by atoms with van der Waals surface area (Å²) in [5, 5.41) is 9.16. The van der Waals surface area contributed by atoms with Crippen molar-refractivity contribution in [3.05, 3.63) is 22.3 Å². The fourth-order valence-corrected chi connectivity index (χ4v) is 1.77. The third kappa shape index (κ3) is 14.9. The molecule has 0 rings (SSSR count). The van der Waals surface area contributed by atoms with Crippen LogP contribution in [0.2, 0.25) is 0 Å².